The first-order valence-electron chi connectivity index (χ1n) is 9.03. The van der Waals surface area contributed by atoms with Crippen LogP contribution in [0.2, 0.25) is 0 Å². The second-order valence-electron chi connectivity index (χ2n) is 6.85. The van der Waals surface area contributed by atoms with Crippen molar-refractivity contribution in [3.05, 3.63) is 58.7 Å². The van der Waals surface area contributed by atoms with Gasteiger partial charge in [0.1, 0.15) is 11.6 Å². The number of aromatic hydroxyl groups is 1. The Morgan fingerprint density at radius 2 is 1.73 bits per heavy atom. The molecule has 1 aliphatic rings. The van der Waals surface area contributed by atoms with E-state index in [9.17, 15) is 14.6 Å². The smallest absolute Gasteiger partial charge is 0.141 e. The van der Waals surface area contributed by atoms with E-state index in [1.165, 1.54) is 6.07 Å². The van der Waals surface area contributed by atoms with Crippen LogP contribution in [0, 0.1) is 12.7 Å². The van der Waals surface area contributed by atoms with Crippen LogP contribution in [0.3, 0.4) is 0 Å². The molecule has 3 rings (SSSR count). The topological polar surface area (TPSA) is 59.8 Å². The Balaban J connectivity index is 1.64. The Kier molecular flexibility index (Phi) is 6.19. The molecule has 0 saturated carbocycles. The maximum Gasteiger partial charge on any atom is 0.141 e. The summed E-state index contributed by atoms with van der Waals surface area (Å²) in [5.74, 6) is 0.0161. The summed E-state index contributed by atoms with van der Waals surface area (Å²) >= 11 is 0. The van der Waals surface area contributed by atoms with Crippen molar-refractivity contribution < 1.29 is 14.6 Å². The van der Waals surface area contributed by atoms with Crippen LogP contribution in [-0.4, -0.2) is 51.2 Å². The molecule has 26 heavy (non-hydrogen) atoms. The normalized spacial score (nSPS) is 16.6. The third kappa shape index (κ3) is 4.38. The van der Waals surface area contributed by atoms with E-state index in [-0.39, 0.29) is 18.2 Å². The molecule has 0 radical (unpaired) electrons. The van der Waals surface area contributed by atoms with Gasteiger partial charge in [-0.25, -0.2) is 4.39 Å². The molecule has 0 bridgehead atoms. The Bertz CT molecular complexity index is 754. The van der Waals surface area contributed by atoms with Gasteiger partial charge in [0.2, 0.25) is 0 Å². The zero-order valence-corrected chi connectivity index (χ0v) is 15.2. The number of benzene rings is 1. The van der Waals surface area contributed by atoms with Crippen molar-refractivity contribution in [3.8, 4) is 5.75 Å². The lowest BCUT2D eigenvalue weighted by molar-refractivity contribution is 0.239. The Hall–Kier alpha value is -2.02. The summed E-state index contributed by atoms with van der Waals surface area (Å²) in [6.45, 7) is 6.31. The van der Waals surface area contributed by atoms with Gasteiger partial charge >= 0.3 is 0 Å². The SMILES string of the molecule is Cc1ncc(CO)c(CN2CCCN(Cc3ccccc3F)CC2)c1O. The lowest BCUT2D eigenvalue weighted by Gasteiger charge is -2.23. The number of nitrogens with zero attached hydrogens (tertiary/aromatic N) is 3. The van der Waals surface area contributed by atoms with E-state index in [2.05, 4.69) is 14.8 Å². The first-order valence-corrected chi connectivity index (χ1v) is 9.03. The number of aliphatic hydroxyl groups is 1. The fraction of sp³-hybridized carbons (Fsp3) is 0.450. The summed E-state index contributed by atoms with van der Waals surface area (Å²) in [7, 11) is 0. The van der Waals surface area contributed by atoms with Gasteiger partial charge in [-0.2, -0.15) is 0 Å². The highest BCUT2D eigenvalue weighted by atomic mass is 19.1. The molecule has 2 N–H and O–H groups in total. The van der Waals surface area contributed by atoms with Crippen molar-refractivity contribution >= 4 is 0 Å². The Labute approximate surface area is 153 Å². The molecule has 2 heterocycles. The molecule has 0 unspecified atom stereocenters. The van der Waals surface area contributed by atoms with E-state index in [1.54, 1.807) is 19.2 Å². The minimum Gasteiger partial charge on any atom is -0.506 e. The highest BCUT2D eigenvalue weighted by molar-refractivity contribution is 5.40. The van der Waals surface area contributed by atoms with Crippen LogP contribution in [0.15, 0.2) is 30.5 Å². The number of pyridine rings is 1. The number of hydrogen-bond acceptors (Lipinski definition) is 5. The van der Waals surface area contributed by atoms with Crippen LogP contribution in [0.25, 0.3) is 0 Å². The molecule has 1 fully saturated rings. The highest BCUT2D eigenvalue weighted by Gasteiger charge is 2.19. The van der Waals surface area contributed by atoms with Crippen LogP contribution < -0.4 is 0 Å². The van der Waals surface area contributed by atoms with Gasteiger partial charge in [-0.05, 0) is 32.5 Å². The third-order valence-corrected chi connectivity index (χ3v) is 5.02. The average molecular weight is 359 g/mol. The van der Waals surface area contributed by atoms with Crippen molar-refractivity contribution in [2.45, 2.75) is 33.0 Å². The first-order chi connectivity index (χ1) is 12.6. The van der Waals surface area contributed by atoms with Gasteiger partial charge in [0.15, 0.2) is 0 Å². The molecule has 2 aromatic rings. The van der Waals surface area contributed by atoms with Gasteiger partial charge in [0.25, 0.3) is 0 Å². The van der Waals surface area contributed by atoms with Crippen LogP contribution in [0.4, 0.5) is 4.39 Å². The van der Waals surface area contributed by atoms with Crippen LogP contribution in [-0.2, 0) is 19.7 Å². The third-order valence-electron chi connectivity index (χ3n) is 5.02. The first kappa shape index (κ1) is 18.8. The summed E-state index contributed by atoms with van der Waals surface area (Å²) in [6, 6.07) is 6.92. The second kappa shape index (κ2) is 8.58. The van der Waals surface area contributed by atoms with Crippen molar-refractivity contribution in [2.75, 3.05) is 26.2 Å². The molecule has 1 aromatic heterocycles. The van der Waals surface area contributed by atoms with E-state index >= 15 is 0 Å². The maximum atomic E-state index is 13.9. The number of hydrogen-bond donors (Lipinski definition) is 2. The summed E-state index contributed by atoms with van der Waals surface area (Å²) in [6.07, 6.45) is 2.61. The average Bonchev–Trinajstić information content (AvgIpc) is 2.86. The molecular formula is C20H26FN3O2. The minimum atomic E-state index is -0.154. The fourth-order valence-electron chi connectivity index (χ4n) is 3.43. The minimum absolute atomic E-state index is 0.135. The zero-order valence-electron chi connectivity index (χ0n) is 15.2. The molecule has 140 valence electrons. The molecule has 0 amide bonds. The Morgan fingerprint density at radius 3 is 2.42 bits per heavy atom. The molecule has 6 heteroatoms. The van der Waals surface area contributed by atoms with E-state index in [4.69, 9.17) is 0 Å². The number of rotatable bonds is 5. The number of aliphatic hydroxyl groups excluding tert-OH is 1. The lowest BCUT2D eigenvalue weighted by Crippen LogP contribution is -2.30. The maximum absolute atomic E-state index is 13.9. The van der Waals surface area contributed by atoms with E-state index in [0.29, 0.717) is 24.3 Å². The van der Waals surface area contributed by atoms with Gasteiger partial charge in [0, 0.05) is 49.1 Å². The quantitative estimate of drug-likeness (QED) is 0.859. The van der Waals surface area contributed by atoms with Gasteiger partial charge in [-0.3, -0.25) is 14.8 Å². The van der Waals surface area contributed by atoms with E-state index in [0.717, 1.165) is 43.7 Å². The molecule has 1 saturated heterocycles. The van der Waals surface area contributed by atoms with E-state index < -0.39 is 0 Å². The van der Waals surface area contributed by atoms with Gasteiger partial charge in [-0.1, -0.05) is 18.2 Å². The molecule has 0 atom stereocenters. The van der Waals surface area contributed by atoms with Crippen molar-refractivity contribution in [1.82, 2.24) is 14.8 Å². The van der Waals surface area contributed by atoms with Crippen LogP contribution in [0.5, 0.6) is 5.75 Å². The molecule has 1 aliphatic heterocycles. The van der Waals surface area contributed by atoms with Gasteiger partial charge in [-0.15, -0.1) is 0 Å². The predicted octanol–water partition coefficient (Wildman–Crippen LogP) is 2.43. The highest BCUT2D eigenvalue weighted by Crippen LogP contribution is 2.26. The number of aryl methyl sites for hydroxylation is 1. The molecule has 0 aliphatic carbocycles. The fourth-order valence-corrected chi connectivity index (χ4v) is 3.43. The summed E-state index contributed by atoms with van der Waals surface area (Å²) in [4.78, 5) is 8.66. The van der Waals surface area contributed by atoms with Crippen molar-refractivity contribution in [3.63, 3.8) is 0 Å². The lowest BCUT2D eigenvalue weighted by atomic mass is 10.1. The molecular weight excluding hydrogens is 333 g/mol. The van der Waals surface area contributed by atoms with Gasteiger partial charge in [0.05, 0.1) is 12.3 Å². The molecule has 5 nitrogen and oxygen atoms in total. The summed E-state index contributed by atoms with van der Waals surface area (Å²) in [5, 5.41) is 19.9. The van der Waals surface area contributed by atoms with Crippen LogP contribution >= 0.6 is 0 Å². The second-order valence-corrected chi connectivity index (χ2v) is 6.85. The zero-order chi connectivity index (χ0) is 18.5. The summed E-state index contributed by atoms with van der Waals surface area (Å²) < 4.78 is 13.9. The largest absolute Gasteiger partial charge is 0.506 e. The van der Waals surface area contributed by atoms with Crippen LogP contribution in [0.1, 0.15) is 28.8 Å². The van der Waals surface area contributed by atoms with E-state index in [1.807, 2.05) is 12.1 Å². The molecule has 1 aromatic carbocycles. The van der Waals surface area contributed by atoms with Crippen molar-refractivity contribution in [1.29, 1.82) is 0 Å². The summed E-state index contributed by atoms with van der Waals surface area (Å²) in [5.41, 5.74) is 2.72. The predicted molar refractivity (Wildman–Crippen MR) is 98.1 cm³/mol. The number of halogens is 1. The van der Waals surface area contributed by atoms with Crippen molar-refractivity contribution in [2.24, 2.45) is 0 Å². The monoisotopic (exact) mass is 359 g/mol. The molecule has 0 spiro atoms. The standard InChI is InChI=1S/C20H26FN3O2/c1-15-20(26)18(17(14-25)11-22-15)13-24-8-4-7-23(9-10-24)12-16-5-2-3-6-19(16)21/h2-3,5-6,11,25-26H,4,7-10,12-14H2,1H3. The van der Waals surface area contributed by atoms with Gasteiger partial charge < -0.3 is 10.2 Å². The number of aromatic nitrogens is 1. The Morgan fingerprint density at radius 1 is 1.04 bits per heavy atom.